The van der Waals surface area contributed by atoms with Crippen molar-refractivity contribution >= 4 is 53.3 Å². The Kier molecular flexibility index (Phi) is 6.06. The summed E-state index contributed by atoms with van der Waals surface area (Å²) >= 11 is 1.85. The van der Waals surface area contributed by atoms with Gasteiger partial charge in [-0.3, -0.25) is 0 Å². The van der Waals surface area contributed by atoms with Crippen LogP contribution in [0.5, 0.6) is 0 Å². The number of nitrogens with zero attached hydrogens (tertiary/aromatic N) is 3. The number of benzene rings is 6. The summed E-state index contributed by atoms with van der Waals surface area (Å²) in [4.78, 5) is 5.14. The lowest BCUT2D eigenvalue weighted by atomic mass is 9.96. The van der Waals surface area contributed by atoms with Crippen molar-refractivity contribution in [3.05, 3.63) is 157 Å². The van der Waals surface area contributed by atoms with Gasteiger partial charge < -0.3 is 4.57 Å². The molecule has 0 atom stereocenters. The van der Waals surface area contributed by atoms with Crippen molar-refractivity contribution < 1.29 is 0 Å². The predicted molar refractivity (Wildman–Crippen MR) is 192 cm³/mol. The maximum absolute atomic E-state index is 10.1. The summed E-state index contributed by atoms with van der Waals surface area (Å²) < 4.78 is 4.95. The van der Waals surface area contributed by atoms with Crippen LogP contribution in [0.25, 0.3) is 81.3 Å². The molecule has 0 bridgehead atoms. The summed E-state index contributed by atoms with van der Waals surface area (Å²) in [7, 11) is 0. The molecule has 46 heavy (non-hydrogen) atoms. The molecule has 0 aliphatic rings. The lowest BCUT2D eigenvalue weighted by Gasteiger charge is -2.15. The molecule has 0 fully saturated rings. The molecule has 0 unspecified atom stereocenters. The minimum atomic E-state index is 0.644. The van der Waals surface area contributed by atoms with Crippen molar-refractivity contribution in [2.75, 3.05) is 0 Å². The van der Waals surface area contributed by atoms with Crippen LogP contribution < -0.4 is 0 Å². The number of fused-ring (bicyclic) bond motifs is 7. The number of thiophene rings is 1. The Morgan fingerprint density at radius 1 is 0.543 bits per heavy atom. The van der Waals surface area contributed by atoms with E-state index in [2.05, 4.69) is 120 Å². The van der Waals surface area contributed by atoms with Gasteiger partial charge >= 0.3 is 0 Å². The highest BCUT2D eigenvalue weighted by atomic mass is 32.1. The fourth-order valence-electron chi connectivity index (χ4n) is 6.74. The lowest BCUT2D eigenvalue weighted by Crippen LogP contribution is -1.97. The number of hydrogen-bond acceptors (Lipinski definition) is 3. The Morgan fingerprint density at radius 2 is 1.24 bits per heavy atom. The van der Waals surface area contributed by atoms with Crippen LogP contribution in [0.3, 0.4) is 0 Å². The monoisotopic (exact) mass is 603 g/mol. The SMILES string of the molecule is N#Cc1ccccc1-c1cc(-c2cccc(-c3ccccc3)n2)cc(-n2c3ccccc3c3ccc4c5ccccc5sc4c32)c1. The van der Waals surface area contributed by atoms with Crippen LogP contribution in [0.15, 0.2) is 152 Å². The van der Waals surface area contributed by atoms with E-state index in [0.29, 0.717) is 5.56 Å². The van der Waals surface area contributed by atoms with Crippen LogP contribution in [0.2, 0.25) is 0 Å². The molecule has 0 spiro atoms. The average molecular weight is 604 g/mol. The highest BCUT2D eigenvalue weighted by Gasteiger charge is 2.19. The van der Waals surface area contributed by atoms with Gasteiger partial charge in [-0.25, -0.2) is 4.98 Å². The maximum atomic E-state index is 10.1. The van der Waals surface area contributed by atoms with Crippen molar-refractivity contribution in [3.63, 3.8) is 0 Å². The van der Waals surface area contributed by atoms with Crippen LogP contribution in [0.4, 0.5) is 0 Å². The molecule has 4 heteroatoms. The first kappa shape index (κ1) is 26.4. The summed E-state index contributed by atoms with van der Waals surface area (Å²) in [5.41, 5.74) is 9.77. The first-order valence-electron chi connectivity index (χ1n) is 15.3. The van der Waals surface area contributed by atoms with Crippen LogP contribution in [-0.4, -0.2) is 9.55 Å². The van der Waals surface area contributed by atoms with Gasteiger partial charge in [0.05, 0.1) is 38.8 Å². The van der Waals surface area contributed by atoms with E-state index >= 15 is 0 Å². The van der Waals surface area contributed by atoms with Gasteiger partial charge in [-0.1, -0.05) is 103 Å². The van der Waals surface area contributed by atoms with Gasteiger partial charge in [0, 0.05) is 43.1 Å². The first-order chi connectivity index (χ1) is 22.8. The van der Waals surface area contributed by atoms with Gasteiger partial charge in [0.15, 0.2) is 0 Å². The number of aromatic nitrogens is 2. The van der Waals surface area contributed by atoms with Crippen molar-refractivity contribution in [1.29, 1.82) is 5.26 Å². The average Bonchev–Trinajstić information content (AvgIpc) is 3.68. The third-order valence-corrected chi connectivity index (χ3v) is 10.0. The fraction of sp³-hybridized carbons (Fsp3) is 0. The van der Waals surface area contributed by atoms with E-state index in [1.165, 1.54) is 36.5 Å². The minimum Gasteiger partial charge on any atom is -0.308 e. The van der Waals surface area contributed by atoms with E-state index in [-0.39, 0.29) is 0 Å². The molecule has 9 aromatic rings. The molecule has 0 aliphatic carbocycles. The van der Waals surface area contributed by atoms with E-state index in [4.69, 9.17) is 4.98 Å². The molecule has 9 rings (SSSR count). The molecule has 0 saturated carbocycles. The van der Waals surface area contributed by atoms with Gasteiger partial charge in [0.2, 0.25) is 0 Å². The minimum absolute atomic E-state index is 0.644. The predicted octanol–water partition coefficient (Wildman–Crippen LogP) is 11.4. The fourth-order valence-corrected chi connectivity index (χ4v) is 7.98. The number of para-hydroxylation sites is 1. The molecule has 0 saturated heterocycles. The third kappa shape index (κ3) is 4.14. The summed E-state index contributed by atoms with van der Waals surface area (Å²) in [5, 5.41) is 15.1. The van der Waals surface area contributed by atoms with Crippen LogP contribution >= 0.6 is 11.3 Å². The van der Waals surface area contributed by atoms with Gasteiger partial charge in [0.25, 0.3) is 0 Å². The second-order valence-corrected chi connectivity index (χ2v) is 12.5. The van der Waals surface area contributed by atoms with Crippen LogP contribution in [0, 0.1) is 11.3 Å². The summed E-state index contributed by atoms with van der Waals surface area (Å²) in [5.74, 6) is 0. The smallest absolute Gasteiger partial charge is 0.0998 e. The van der Waals surface area contributed by atoms with Crippen molar-refractivity contribution in [1.82, 2.24) is 9.55 Å². The number of hydrogen-bond donors (Lipinski definition) is 0. The van der Waals surface area contributed by atoms with Gasteiger partial charge in [-0.15, -0.1) is 11.3 Å². The zero-order valence-corrected chi connectivity index (χ0v) is 25.5. The normalized spacial score (nSPS) is 11.5. The second-order valence-electron chi connectivity index (χ2n) is 11.5. The quantitative estimate of drug-likeness (QED) is 0.201. The van der Waals surface area contributed by atoms with E-state index in [1.54, 1.807) is 0 Å². The Hall–Kier alpha value is -6.02. The largest absolute Gasteiger partial charge is 0.308 e. The standard InChI is InChI=1S/C42H25N3S/c43-26-28-13-4-5-14-32(28)29-23-30(38-18-10-17-37(44-38)27-11-2-1-3-12-27)25-31(24-29)45-39-19-8-6-15-33(39)35-21-22-36-34-16-7-9-20-40(34)46-42(36)41(35)45/h1-25H. The zero-order valence-electron chi connectivity index (χ0n) is 24.7. The Bertz CT molecular complexity index is 2660. The molecule has 3 nitrogen and oxygen atoms in total. The van der Waals surface area contributed by atoms with E-state index in [9.17, 15) is 5.26 Å². The molecule has 6 aromatic carbocycles. The highest BCUT2D eigenvalue weighted by molar-refractivity contribution is 7.26. The maximum Gasteiger partial charge on any atom is 0.0998 e. The van der Waals surface area contributed by atoms with Crippen LogP contribution in [0.1, 0.15) is 5.56 Å². The molecular formula is C42H25N3S. The first-order valence-corrected chi connectivity index (χ1v) is 16.1. The van der Waals surface area contributed by atoms with Crippen molar-refractivity contribution in [2.24, 2.45) is 0 Å². The Morgan fingerprint density at radius 3 is 2.11 bits per heavy atom. The van der Waals surface area contributed by atoms with Crippen LogP contribution in [-0.2, 0) is 0 Å². The topological polar surface area (TPSA) is 41.6 Å². The number of rotatable bonds is 4. The van der Waals surface area contributed by atoms with E-state index < -0.39 is 0 Å². The summed E-state index contributed by atoms with van der Waals surface area (Å²) in [6.07, 6.45) is 0. The molecule has 3 aromatic heterocycles. The number of pyridine rings is 1. The molecule has 0 N–H and O–H groups in total. The van der Waals surface area contributed by atoms with Crippen molar-refractivity contribution in [3.8, 4) is 45.4 Å². The molecule has 0 amide bonds. The zero-order chi connectivity index (χ0) is 30.6. The second kappa shape index (κ2) is 10.6. The molecule has 214 valence electrons. The molecule has 0 aliphatic heterocycles. The van der Waals surface area contributed by atoms with Gasteiger partial charge in [0.1, 0.15) is 0 Å². The summed E-state index contributed by atoms with van der Waals surface area (Å²) in [6.45, 7) is 0. The third-order valence-electron chi connectivity index (χ3n) is 8.83. The molecule has 3 heterocycles. The van der Waals surface area contributed by atoms with Crippen molar-refractivity contribution in [2.45, 2.75) is 0 Å². The van der Waals surface area contributed by atoms with E-state index in [0.717, 1.165) is 44.8 Å². The Balaban J connectivity index is 1.38. The highest BCUT2D eigenvalue weighted by Crippen LogP contribution is 2.44. The van der Waals surface area contributed by atoms with Gasteiger partial charge in [-0.05, 0) is 59.7 Å². The van der Waals surface area contributed by atoms with Gasteiger partial charge in [-0.2, -0.15) is 5.26 Å². The number of nitriles is 1. The van der Waals surface area contributed by atoms with E-state index in [1.807, 2.05) is 53.8 Å². The molecular weight excluding hydrogens is 579 g/mol. The molecule has 0 radical (unpaired) electrons. The Labute approximate surface area is 269 Å². The summed E-state index contributed by atoms with van der Waals surface area (Å²) in [6, 6.07) is 55.2. The lowest BCUT2D eigenvalue weighted by molar-refractivity contribution is 1.19.